The average molecular weight is 395 g/mol. The zero-order valence-corrected chi connectivity index (χ0v) is 16.7. The van der Waals surface area contributed by atoms with E-state index in [1.165, 1.54) is 22.5 Å². The van der Waals surface area contributed by atoms with Crippen molar-refractivity contribution in [3.63, 3.8) is 0 Å². The number of hydrogen-bond acceptors (Lipinski definition) is 3. The lowest BCUT2D eigenvalue weighted by Crippen LogP contribution is -2.32. The Morgan fingerprint density at radius 1 is 0.962 bits per heavy atom. The molecule has 0 heterocycles. The summed E-state index contributed by atoms with van der Waals surface area (Å²) >= 11 is 6.22. The molecule has 0 N–H and O–H groups in total. The van der Waals surface area contributed by atoms with Gasteiger partial charge in [-0.05, 0) is 37.3 Å². The summed E-state index contributed by atoms with van der Waals surface area (Å²) in [5.74, 6) is -0.333. The van der Waals surface area contributed by atoms with Crippen LogP contribution in [-0.2, 0) is 10.0 Å². The van der Waals surface area contributed by atoms with Gasteiger partial charge in [-0.3, -0.25) is 4.79 Å². The number of hydrogen-bond donors (Lipinski definition) is 0. The number of nitrogens with zero attached hydrogens (tertiary/aromatic N) is 2. The molecule has 0 saturated carbocycles. The molecule has 26 heavy (non-hydrogen) atoms. The number of benzene rings is 2. The van der Waals surface area contributed by atoms with Crippen molar-refractivity contribution in [3.05, 3.63) is 59.1 Å². The van der Waals surface area contributed by atoms with Gasteiger partial charge in [0.1, 0.15) is 0 Å². The topological polar surface area (TPSA) is 57.7 Å². The molecule has 0 aromatic heterocycles. The number of carbonyl (C=O) groups is 1. The maximum Gasteiger partial charge on any atom is 0.259 e. The van der Waals surface area contributed by atoms with Gasteiger partial charge in [-0.2, -0.15) is 4.31 Å². The number of rotatable bonds is 7. The zero-order chi connectivity index (χ0) is 19.3. The Morgan fingerprint density at radius 3 is 2.12 bits per heavy atom. The molecule has 7 heteroatoms. The van der Waals surface area contributed by atoms with Gasteiger partial charge in [-0.25, -0.2) is 8.42 Å². The first-order valence-corrected chi connectivity index (χ1v) is 10.3. The first kappa shape index (κ1) is 20.4. The van der Waals surface area contributed by atoms with Crippen molar-refractivity contribution in [3.8, 4) is 0 Å². The molecule has 0 aliphatic rings. The van der Waals surface area contributed by atoms with Crippen molar-refractivity contribution in [1.82, 2.24) is 4.31 Å². The van der Waals surface area contributed by atoms with Gasteiger partial charge in [-0.1, -0.05) is 43.6 Å². The minimum absolute atomic E-state index is 0.0677. The number of halogens is 1. The molecule has 0 radical (unpaired) electrons. The normalized spacial score (nSPS) is 11.6. The van der Waals surface area contributed by atoms with Crippen LogP contribution >= 0.6 is 11.6 Å². The minimum Gasteiger partial charge on any atom is -0.309 e. The third-order valence-electron chi connectivity index (χ3n) is 4.14. The van der Waals surface area contributed by atoms with Crippen molar-refractivity contribution in [2.75, 3.05) is 24.5 Å². The highest BCUT2D eigenvalue weighted by Gasteiger charge is 2.25. The van der Waals surface area contributed by atoms with Crippen molar-refractivity contribution in [2.45, 2.75) is 25.7 Å². The van der Waals surface area contributed by atoms with E-state index in [1.807, 2.05) is 37.3 Å². The third kappa shape index (κ3) is 4.09. The Bertz CT molecular complexity index is 866. The van der Waals surface area contributed by atoms with Crippen LogP contribution in [0.15, 0.2) is 53.4 Å². The molecule has 2 rings (SSSR count). The first-order valence-electron chi connectivity index (χ1n) is 8.53. The third-order valence-corrected chi connectivity index (χ3v) is 6.52. The number of amides is 1. The number of sulfonamides is 1. The molecular formula is C19H23ClN2O3S. The van der Waals surface area contributed by atoms with Gasteiger partial charge in [0.05, 0.1) is 15.5 Å². The molecule has 0 fully saturated rings. The van der Waals surface area contributed by atoms with Gasteiger partial charge in [0.15, 0.2) is 0 Å². The van der Waals surface area contributed by atoms with Crippen molar-refractivity contribution in [2.24, 2.45) is 0 Å². The molecule has 0 saturated heterocycles. The quantitative estimate of drug-likeness (QED) is 0.712. The Balaban J connectivity index is 2.48. The second kappa shape index (κ2) is 8.66. The molecule has 5 nitrogen and oxygen atoms in total. The van der Waals surface area contributed by atoms with Gasteiger partial charge < -0.3 is 4.90 Å². The second-order valence-electron chi connectivity index (χ2n) is 5.62. The highest BCUT2D eigenvalue weighted by atomic mass is 35.5. The van der Waals surface area contributed by atoms with Gasteiger partial charge in [0.25, 0.3) is 5.91 Å². The Labute approximate surface area is 160 Å². The van der Waals surface area contributed by atoms with Crippen LogP contribution in [0.5, 0.6) is 0 Å². The van der Waals surface area contributed by atoms with E-state index in [9.17, 15) is 13.2 Å². The van der Waals surface area contributed by atoms with E-state index in [-0.39, 0.29) is 21.4 Å². The lowest BCUT2D eigenvalue weighted by atomic mass is 10.1. The number of anilines is 1. The van der Waals surface area contributed by atoms with E-state index in [0.29, 0.717) is 19.6 Å². The Kier molecular flexibility index (Phi) is 6.81. The molecular weight excluding hydrogens is 372 g/mol. The fraction of sp³-hybridized carbons (Fsp3) is 0.316. The number of para-hydroxylation sites is 1. The predicted octanol–water partition coefficient (Wildman–Crippen LogP) is 4.04. The van der Waals surface area contributed by atoms with Crippen molar-refractivity contribution < 1.29 is 13.2 Å². The van der Waals surface area contributed by atoms with Crippen LogP contribution < -0.4 is 4.90 Å². The van der Waals surface area contributed by atoms with Crippen LogP contribution in [0.1, 0.15) is 31.1 Å². The standard InChI is InChI=1S/C19H23ClN2O3S/c1-4-21(5-2)26(24,25)16-12-13-18(20)17(14-16)19(23)22(6-3)15-10-8-7-9-11-15/h7-14H,4-6H2,1-3H3. The lowest BCUT2D eigenvalue weighted by molar-refractivity contribution is 0.0988. The SMILES string of the molecule is CCN(C(=O)c1cc(S(=O)(=O)N(CC)CC)ccc1Cl)c1ccccc1. The molecule has 0 spiro atoms. The summed E-state index contributed by atoms with van der Waals surface area (Å²) < 4.78 is 26.8. The van der Waals surface area contributed by atoms with Gasteiger partial charge in [0, 0.05) is 25.3 Å². The molecule has 2 aromatic rings. The molecule has 0 unspecified atom stereocenters. The van der Waals surface area contributed by atoms with Crippen LogP contribution in [0, 0.1) is 0 Å². The first-order chi connectivity index (χ1) is 12.4. The molecule has 2 aromatic carbocycles. The summed E-state index contributed by atoms with van der Waals surface area (Å²) in [4.78, 5) is 14.7. The second-order valence-corrected chi connectivity index (χ2v) is 7.96. The van der Waals surface area contributed by atoms with E-state index < -0.39 is 10.0 Å². The zero-order valence-electron chi connectivity index (χ0n) is 15.1. The highest BCUT2D eigenvalue weighted by molar-refractivity contribution is 7.89. The van der Waals surface area contributed by atoms with Gasteiger partial charge in [0.2, 0.25) is 10.0 Å². The fourth-order valence-corrected chi connectivity index (χ4v) is 4.42. The summed E-state index contributed by atoms with van der Waals surface area (Å²) in [7, 11) is -3.67. The predicted molar refractivity (Wildman–Crippen MR) is 105 cm³/mol. The molecule has 140 valence electrons. The monoisotopic (exact) mass is 394 g/mol. The average Bonchev–Trinajstić information content (AvgIpc) is 2.64. The van der Waals surface area contributed by atoms with Gasteiger partial charge in [-0.15, -0.1) is 0 Å². The summed E-state index contributed by atoms with van der Waals surface area (Å²) in [5, 5.41) is 0.225. The molecule has 0 aliphatic carbocycles. The largest absolute Gasteiger partial charge is 0.309 e. The lowest BCUT2D eigenvalue weighted by Gasteiger charge is -2.23. The van der Waals surface area contributed by atoms with Crippen molar-refractivity contribution in [1.29, 1.82) is 0 Å². The van der Waals surface area contributed by atoms with Crippen LogP contribution in [0.2, 0.25) is 5.02 Å². The maximum absolute atomic E-state index is 13.0. The Hall–Kier alpha value is -1.89. The van der Waals surface area contributed by atoms with Crippen LogP contribution in [0.3, 0.4) is 0 Å². The van der Waals surface area contributed by atoms with Crippen LogP contribution in [0.4, 0.5) is 5.69 Å². The van der Waals surface area contributed by atoms with Crippen LogP contribution in [-0.4, -0.2) is 38.3 Å². The van der Waals surface area contributed by atoms with Gasteiger partial charge >= 0.3 is 0 Å². The molecule has 0 aliphatic heterocycles. The summed E-state index contributed by atoms with van der Waals surface area (Å²) in [6, 6.07) is 13.5. The minimum atomic E-state index is -3.67. The highest BCUT2D eigenvalue weighted by Crippen LogP contribution is 2.26. The fourth-order valence-electron chi connectivity index (χ4n) is 2.74. The molecule has 1 amide bonds. The van der Waals surface area contributed by atoms with E-state index in [4.69, 9.17) is 11.6 Å². The van der Waals surface area contributed by atoms with E-state index >= 15 is 0 Å². The Morgan fingerprint density at radius 2 is 1.58 bits per heavy atom. The van der Waals surface area contributed by atoms with E-state index in [2.05, 4.69) is 0 Å². The van der Waals surface area contributed by atoms with E-state index in [0.717, 1.165) is 5.69 Å². The molecule has 0 atom stereocenters. The maximum atomic E-state index is 13.0. The molecule has 0 bridgehead atoms. The number of carbonyl (C=O) groups excluding carboxylic acids is 1. The van der Waals surface area contributed by atoms with Crippen molar-refractivity contribution >= 4 is 33.2 Å². The summed E-state index contributed by atoms with van der Waals surface area (Å²) in [5.41, 5.74) is 0.902. The smallest absolute Gasteiger partial charge is 0.259 e. The summed E-state index contributed by atoms with van der Waals surface area (Å²) in [6.07, 6.45) is 0. The van der Waals surface area contributed by atoms with E-state index in [1.54, 1.807) is 18.7 Å². The summed E-state index contributed by atoms with van der Waals surface area (Å²) in [6.45, 7) is 6.56. The van der Waals surface area contributed by atoms with Crippen LogP contribution in [0.25, 0.3) is 0 Å².